The van der Waals surface area contributed by atoms with Crippen molar-refractivity contribution >= 4 is 26.9 Å². The Balaban J connectivity index is 0.00000176. The van der Waals surface area contributed by atoms with E-state index in [1.165, 1.54) is 0 Å². The molecule has 2 aliphatic heterocycles. The van der Waals surface area contributed by atoms with Crippen LogP contribution in [0.1, 0.15) is 30.9 Å². The van der Waals surface area contributed by atoms with Gasteiger partial charge in [0.15, 0.2) is 0 Å². The van der Waals surface area contributed by atoms with Crippen molar-refractivity contribution in [3.8, 4) is 0 Å². The van der Waals surface area contributed by atoms with Gasteiger partial charge in [0.25, 0.3) is 0 Å². The molecule has 3 N–H and O–H groups in total. The van der Waals surface area contributed by atoms with Crippen LogP contribution < -0.4 is 10.6 Å². The van der Waals surface area contributed by atoms with E-state index in [0.717, 1.165) is 42.2 Å². The maximum absolute atomic E-state index is 13.0. The van der Waals surface area contributed by atoms with Gasteiger partial charge in [0.1, 0.15) is 0 Å². The van der Waals surface area contributed by atoms with E-state index in [1.54, 1.807) is 0 Å². The fraction of sp³-hybridized carbons (Fsp3) is 0.562. The highest BCUT2D eigenvalue weighted by Gasteiger charge is 2.30. The highest BCUT2D eigenvalue weighted by atomic mass is 35.5. The summed E-state index contributed by atoms with van der Waals surface area (Å²) in [6, 6.07) is 9.76. The second-order valence-corrected chi connectivity index (χ2v) is 8.71. The largest absolute Gasteiger partial charge is 0.388 e. The van der Waals surface area contributed by atoms with E-state index in [4.69, 9.17) is 0 Å². The minimum atomic E-state index is -1.95. The van der Waals surface area contributed by atoms with Crippen LogP contribution in [0.3, 0.4) is 0 Å². The first-order chi connectivity index (χ1) is 10.2. The summed E-state index contributed by atoms with van der Waals surface area (Å²) in [5, 5.41) is 17.1. The van der Waals surface area contributed by atoms with Gasteiger partial charge in [-0.1, -0.05) is 30.3 Å². The van der Waals surface area contributed by atoms with Gasteiger partial charge in [-0.05, 0) is 24.8 Å². The van der Waals surface area contributed by atoms with Crippen LogP contribution in [-0.2, 0) is 9.52 Å². The van der Waals surface area contributed by atoms with Crippen molar-refractivity contribution in [1.29, 1.82) is 0 Å². The third kappa shape index (κ3) is 3.84. The van der Waals surface area contributed by atoms with Crippen LogP contribution in [0, 0.1) is 5.92 Å². The van der Waals surface area contributed by atoms with Crippen LogP contribution >= 0.6 is 12.4 Å². The molecule has 4 nitrogen and oxygen atoms in total. The molecule has 2 saturated heterocycles. The van der Waals surface area contributed by atoms with Gasteiger partial charge < -0.3 is 10.4 Å². The molecule has 1 unspecified atom stereocenters. The van der Waals surface area contributed by atoms with E-state index in [2.05, 4.69) is 10.6 Å². The monoisotopic (exact) mass is 344 g/mol. The first-order valence-electron chi connectivity index (χ1n) is 7.73. The lowest BCUT2D eigenvalue weighted by atomic mass is 9.91. The predicted molar refractivity (Wildman–Crippen MR) is 94.9 cm³/mol. The Morgan fingerprint density at radius 3 is 2.73 bits per heavy atom. The number of hydrogen-bond acceptors (Lipinski definition) is 3. The van der Waals surface area contributed by atoms with Crippen molar-refractivity contribution < 1.29 is 9.32 Å². The number of piperidine rings is 1. The molecule has 0 bridgehead atoms. The number of hydrogen-bond donors (Lipinski definition) is 3. The van der Waals surface area contributed by atoms with Crippen molar-refractivity contribution in [1.82, 2.24) is 10.6 Å². The standard InChI is InChI=1S/C16H24N2O2S.ClH/c19-15(13-5-2-1-3-6-13)11-14-7-4-8-18-16(14)21(20)10-9-17-12-21;/h1-3,5-6,14-15,17-19H,4,7-12H2;1H/t14-,15-,21?;/m0./s1. The predicted octanol–water partition coefficient (Wildman–Crippen LogP) is 1.51. The fourth-order valence-corrected chi connectivity index (χ4v) is 5.96. The number of aliphatic hydroxyl groups excluding tert-OH is 1. The third-order valence-corrected chi connectivity index (χ3v) is 7.25. The van der Waals surface area contributed by atoms with Crippen LogP contribution in [0.5, 0.6) is 0 Å². The molecule has 1 aromatic carbocycles. The van der Waals surface area contributed by atoms with E-state index in [-0.39, 0.29) is 18.3 Å². The van der Waals surface area contributed by atoms with Crippen LogP contribution in [0.4, 0.5) is 0 Å². The topological polar surface area (TPSA) is 61.4 Å². The number of nitrogens with one attached hydrogen (secondary N) is 2. The zero-order valence-electron chi connectivity index (χ0n) is 12.7. The summed E-state index contributed by atoms with van der Waals surface area (Å²) in [6.45, 7) is 1.74. The molecule has 0 radical (unpaired) electrons. The van der Waals surface area contributed by atoms with E-state index in [1.807, 2.05) is 30.3 Å². The van der Waals surface area contributed by atoms with Gasteiger partial charge in [-0.25, -0.2) is 0 Å². The number of aliphatic hydroxyl groups is 1. The summed E-state index contributed by atoms with van der Waals surface area (Å²) < 4.78 is 13.0. The van der Waals surface area contributed by atoms with Crippen molar-refractivity contribution in [2.24, 2.45) is 5.92 Å². The molecular weight excluding hydrogens is 320 g/mol. The summed E-state index contributed by atoms with van der Waals surface area (Å²) in [5.41, 5.74) is 0.946. The molecule has 124 valence electrons. The van der Waals surface area contributed by atoms with E-state index in [0.29, 0.717) is 12.3 Å². The normalized spacial score (nSPS) is 29.9. The summed E-state index contributed by atoms with van der Waals surface area (Å²) in [5.74, 6) is 1.53. The Morgan fingerprint density at radius 1 is 1.27 bits per heavy atom. The number of benzene rings is 1. The first-order valence-corrected chi connectivity index (χ1v) is 9.63. The summed E-state index contributed by atoms with van der Waals surface area (Å²) in [6.07, 6.45) is 2.27. The fourth-order valence-electron chi connectivity index (χ4n) is 3.31. The second kappa shape index (κ2) is 7.79. The quantitative estimate of drug-likeness (QED) is 0.727. The third-order valence-electron chi connectivity index (χ3n) is 4.44. The smallest absolute Gasteiger partial charge is 0.0796 e. The lowest BCUT2D eigenvalue weighted by Crippen LogP contribution is -2.43. The minimum absolute atomic E-state index is 0. The Hall–Kier alpha value is -0.590. The van der Waals surface area contributed by atoms with Crippen LogP contribution in [-0.4, -0.2) is 39.0 Å². The molecule has 0 aromatic heterocycles. The Labute approximate surface area is 139 Å². The van der Waals surface area contributed by atoms with Crippen molar-refractivity contribution in [3.05, 3.63) is 35.9 Å². The Bertz CT molecular complexity index is 587. The SMILES string of the molecule is Cl.O=S1(=C2NCCC[C@H]2C[C@H](O)c2ccccc2)CCNC1. The van der Waals surface area contributed by atoms with Crippen molar-refractivity contribution in [3.63, 3.8) is 0 Å². The van der Waals surface area contributed by atoms with Crippen molar-refractivity contribution in [2.75, 3.05) is 24.7 Å². The van der Waals surface area contributed by atoms with Crippen LogP contribution in [0.2, 0.25) is 0 Å². The van der Waals surface area contributed by atoms with Crippen molar-refractivity contribution in [2.45, 2.75) is 25.4 Å². The average molecular weight is 345 g/mol. The van der Waals surface area contributed by atoms with Gasteiger partial charge >= 0.3 is 0 Å². The van der Waals surface area contributed by atoms with E-state index in [9.17, 15) is 9.32 Å². The maximum Gasteiger partial charge on any atom is 0.0796 e. The second-order valence-electron chi connectivity index (χ2n) is 5.95. The summed E-state index contributed by atoms with van der Waals surface area (Å²) in [4.78, 5) is 1.01. The molecule has 2 heterocycles. The highest BCUT2D eigenvalue weighted by Crippen LogP contribution is 2.27. The number of halogens is 1. The molecule has 22 heavy (non-hydrogen) atoms. The van der Waals surface area contributed by atoms with Crippen LogP contribution in [0.25, 0.3) is 0 Å². The minimum Gasteiger partial charge on any atom is -0.388 e. The first kappa shape index (κ1) is 17.8. The molecule has 0 spiro atoms. The van der Waals surface area contributed by atoms with Gasteiger partial charge in [0, 0.05) is 39.3 Å². The lowest BCUT2D eigenvalue weighted by Gasteiger charge is -2.30. The molecule has 3 atom stereocenters. The van der Waals surface area contributed by atoms with Gasteiger partial charge in [-0.3, -0.25) is 9.53 Å². The Morgan fingerprint density at radius 2 is 2.05 bits per heavy atom. The Kier molecular flexibility index (Phi) is 6.29. The molecular formula is C16H25ClN2O2S. The molecule has 0 amide bonds. The number of rotatable bonds is 3. The zero-order chi connectivity index (χ0) is 14.7. The highest BCUT2D eigenvalue weighted by molar-refractivity contribution is 8.02. The van der Waals surface area contributed by atoms with E-state index >= 15 is 0 Å². The maximum atomic E-state index is 13.0. The summed E-state index contributed by atoms with van der Waals surface area (Å²) >= 11 is 0. The van der Waals surface area contributed by atoms with Gasteiger partial charge in [-0.15, -0.1) is 12.4 Å². The van der Waals surface area contributed by atoms with E-state index < -0.39 is 15.6 Å². The average Bonchev–Trinajstić information content (AvgIpc) is 2.96. The van der Waals surface area contributed by atoms with Crippen LogP contribution in [0.15, 0.2) is 30.3 Å². The molecule has 6 heteroatoms. The molecule has 0 saturated carbocycles. The molecule has 0 aliphatic carbocycles. The summed E-state index contributed by atoms with van der Waals surface area (Å²) in [7, 11) is -1.95. The van der Waals surface area contributed by atoms with Gasteiger partial charge in [0.05, 0.1) is 12.0 Å². The molecule has 3 rings (SSSR count). The van der Waals surface area contributed by atoms with Gasteiger partial charge in [-0.2, -0.15) is 0 Å². The lowest BCUT2D eigenvalue weighted by molar-refractivity contribution is 0.152. The molecule has 2 aliphatic rings. The molecule has 2 fully saturated rings. The van der Waals surface area contributed by atoms with Gasteiger partial charge in [0.2, 0.25) is 0 Å². The molecule has 1 aromatic rings. The zero-order valence-corrected chi connectivity index (χ0v) is 14.3.